The van der Waals surface area contributed by atoms with Crippen LogP contribution in [-0.4, -0.2) is 39.0 Å². The maximum atomic E-state index is 6.68. The minimum absolute atomic E-state index is 0.161. The first kappa shape index (κ1) is 20.7. The average molecular weight is 509 g/mol. The lowest BCUT2D eigenvalue weighted by Gasteiger charge is -2.50. The topological polar surface area (TPSA) is 48.0 Å². The Bertz CT molecular complexity index is 1540. The second kappa shape index (κ2) is 6.96. The fraction of sp³-hybridized carbons (Fsp3) is 0.379. The zero-order chi connectivity index (χ0) is 24.6. The zero-order valence-corrected chi connectivity index (χ0v) is 22.2. The second-order valence-electron chi connectivity index (χ2n) is 11.0. The number of hydrogen-bond donors (Lipinski definition) is 0. The second-order valence-corrected chi connectivity index (χ2v) is 13.1. The molecule has 1 fully saturated rings. The number of nitrogens with zero attached hydrogens (tertiary/aromatic N) is 6. The molecule has 1 saturated carbocycles. The predicted octanol–water partition coefficient (Wildman–Crippen LogP) is 5.31. The SMILES string of the molecule is CC1=C(C)N2C3CCCCC3N3c4nccnc4N4c5cccc6c5P(c5c(cccc5N1[C@@H]2C)O6)C43. The van der Waals surface area contributed by atoms with Gasteiger partial charge in [0, 0.05) is 31.7 Å². The van der Waals surface area contributed by atoms with Crippen molar-refractivity contribution in [3.8, 4) is 11.5 Å². The smallest absolute Gasteiger partial charge is 0.178 e. The Balaban J connectivity index is 1.41. The molecule has 0 N–H and O–H groups in total. The van der Waals surface area contributed by atoms with Crippen LogP contribution in [0.3, 0.4) is 0 Å². The molecule has 0 amide bonds. The Kier molecular flexibility index (Phi) is 3.90. The summed E-state index contributed by atoms with van der Waals surface area (Å²) in [6.07, 6.45) is 8.90. The molecule has 9 rings (SSSR count). The van der Waals surface area contributed by atoms with Gasteiger partial charge in [-0.25, -0.2) is 9.97 Å². The predicted molar refractivity (Wildman–Crippen MR) is 148 cm³/mol. The lowest BCUT2D eigenvalue weighted by atomic mass is 9.87. The van der Waals surface area contributed by atoms with E-state index in [1.165, 1.54) is 59.1 Å². The summed E-state index contributed by atoms with van der Waals surface area (Å²) in [5, 5.41) is 2.72. The van der Waals surface area contributed by atoms with Crippen LogP contribution in [0.15, 0.2) is 60.2 Å². The average Bonchev–Trinajstić information content (AvgIpc) is 3.50. The molecule has 6 heterocycles. The van der Waals surface area contributed by atoms with Crippen LogP contribution in [0.1, 0.15) is 46.5 Å². The van der Waals surface area contributed by atoms with E-state index in [9.17, 15) is 0 Å². The Morgan fingerprint density at radius 3 is 2.11 bits per heavy atom. The van der Waals surface area contributed by atoms with Gasteiger partial charge in [0.2, 0.25) is 0 Å². The first-order chi connectivity index (χ1) is 18.1. The number of hydrogen-bond acceptors (Lipinski definition) is 7. The third kappa shape index (κ3) is 2.34. The molecule has 6 aliphatic rings. The molecule has 5 atom stereocenters. The van der Waals surface area contributed by atoms with Crippen LogP contribution in [0.4, 0.5) is 23.0 Å². The van der Waals surface area contributed by atoms with Gasteiger partial charge in [0.05, 0.1) is 34.1 Å². The number of rotatable bonds is 0. The fourth-order valence-corrected chi connectivity index (χ4v) is 11.3. The highest BCUT2D eigenvalue weighted by Crippen LogP contribution is 2.66. The van der Waals surface area contributed by atoms with Gasteiger partial charge in [-0.3, -0.25) is 4.90 Å². The van der Waals surface area contributed by atoms with Crippen molar-refractivity contribution >= 4 is 41.5 Å². The standard InChI is InChI=1S/C29H29N6OP/c1-16-17(2)33-18(3)32(16)19-8-4-5-9-20(19)34-27-28(31-15-14-30-27)35-22-11-7-13-24-26(22)37(29(34)35)25-21(33)10-6-12-23(25)36-24/h6-7,10-15,18-20,29H,4-5,8-9H2,1-3H3/t18-,19?,20?,29?,37?/m1/s1. The van der Waals surface area contributed by atoms with E-state index in [1.807, 2.05) is 12.4 Å². The van der Waals surface area contributed by atoms with Gasteiger partial charge in [-0.2, -0.15) is 0 Å². The minimum Gasteiger partial charge on any atom is -0.456 e. The van der Waals surface area contributed by atoms with Gasteiger partial charge in [-0.1, -0.05) is 25.0 Å². The molecule has 5 aliphatic heterocycles. The maximum absolute atomic E-state index is 6.68. The number of fused-ring (bicyclic) bond motifs is 10. The summed E-state index contributed by atoms with van der Waals surface area (Å²) in [6.45, 7) is 7.02. The van der Waals surface area contributed by atoms with E-state index in [0.29, 0.717) is 12.1 Å². The Morgan fingerprint density at radius 1 is 0.784 bits per heavy atom. The molecule has 1 aromatic heterocycles. The van der Waals surface area contributed by atoms with Crippen molar-refractivity contribution in [2.75, 3.05) is 14.7 Å². The van der Waals surface area contributed by atoms with Crippen molar-refractivity contribution in [3.63, 3.8) is 0 Å². The molecule has 7 nitrogen and oxygen atoms in total. The van der Waals surface area contributed by atoms with Gasteiger partial charge in [0.25, 0.3) is 0 Å². The van der Waals surface area contributed by atoms with Crippen molar-refractivity contribution in [1.82, 2.24) is 14.9 Å². The van der Waals surface area contributed by atoms with E-state index >= 15 is 0 Å². The lowest BCUT2D eigenvalue weighted by molar-refractivity contribution is 0.146. The van der Waals surface area contributed by atoms with Crippen molar-refractivity contribution < 1.29 is 4.74 Å². The summed E-state index contributed by atoms with van der Waals surface area (Å²) >= 11 is 0. The van der Waals surface area contributed by atoms with Gasteiger partial charge in [0.15, 0.2) is 11.6 Å². The van der Waals surface area contributed by atoms with E-state index in [4.69, 9.17) is 14.7 Å². The van der Waals surface area contributed by atoms with Gasteiger partial charge >= 0.3 is 0 Å². The van der Waals surface area contributed by atoms with Gasteiger partial charge in [-0.15, -0.1) is 0 Å². The summed E-state index contributed by atoms with van der Waals surface area (Å²) in [5.41, 5.74) is 5.29. The number of ether oxygens (including phenoxy) is 1. The van der Waals surface area contributed by atoms with Gasteiger partial charge < -0.3 is 19.4 Å². The van der Waals surface area contributed by atoms with Crippen molar-refractivity contribution in [2.45, 2.75) is 70.6 Å². The molecule has 186 valence electrons. The molecule has 0 saturated heterocycles. The molecule has 2 aromatic carbocycles. The molecule has 2 bridgehead atoms. The molecule has 37 heavy (non-hydrogen) atoms. The Hall–Kier alpha value is -3.31. The Morgan fingerprint density at radius 2 is 1.41 bits per heavy atom. The number of benzene rings is 2. The van der Waals surface area contributed by atoms with E-state index in [2.05, 4.69) is 76.8 Å². The summed E-state index contributed by atoms with van der Waals surface area (Å²) in [7, 11) is -0.773. The zero-order valence-electron chi connectivity index (χ0n) is 21.3. The summed E-state index contributed by atoms with van der Waals surface area (Å²) in [5.74, 6) is 4.22. The van der Waals surface area contributed by atoms with Crippen LogP contribution in [0.5, 0.6) is 11.5 Å². The Labute approximate surface area is 218 Å². The number of anilines is 4. The van der Waals surface area contributed by atoms with E-state index < -0.39 is 7.92 Å². The highest BCUT2D eigenvalue weighted by molar-refractivity contribution is 7.75. The third-order valence-electron chi connectivity index (χ3n) is 9.48. The van der Waals surface area contributed by atoms with Gasteiger partial charge in [-0.05, 0) is 57.9 Å². The highest BCUT2D eigenvalue weighted by atomic mass is 31.1. The quantitative estimate of drug-likeness (QED) is 0.381. The first-order valence-corrected chi connectivity index (χ1v) is 14.9. The largest absolute Gasteiger partial charge is 0.456 e. The fourth-order valence-electron chi connectivity index (χ4n) is 8.04. The first-order valence-electron chi connectivity index (χ1n) is 13.5. The summed E-state index contributed by atoms with van der Waals surface area (Å²) < 4.78 is 6.68. The molecule has 4 unspecified atom stereocenters. The van der Waals surface area contributed by atoms with Crippen LogP contribution in [0.2, 0.25) is 0 Å². The van der Waals surface area contributed by atoms with Crippen molar-refractivity contribution in [2.24, 2.45) is 0 Å². The van der Waals surface area contributed by atoms with Crippen molar-refractivity contribution in [3.05, 3.63) is 60.2 Å². The molecule has 8 heteroatoms. The van der Waals surface area contributed by atoms with Crippen LogP contribution >= 0.6 is 7.92 Å². The minimum atomic E-state index is -0.773. The van der Waals surface area contributed by atoms with E-state index in [1.54, 1.807) is 0 Å². The molecule has 1 aliphatic carbocycles. The highest BCUT2D eigenvalue weighted by Gasteiger charge is 2.58. The molecule has 0 spiro atoms. The molecule has 0 radical (unpaired) electrons. The molecular weight excluding hydrogens is 479 g/mol. The number of allylic oxidation sites excluding steroid dienone is 2. The third-order valence-corrected chi connectivity index (χ3v) is 12.3. The van der Waals surface area contributed by atoms with Crippen LogP contribution < -0.4 is 30.0 Å². The maximum Gasteiger partial charge on any atom is 0.178 e. The summed E-state index contributed by atoms with van der Waals surface area (Å²) in [4.78, 5) is 20.5. The normalized spacial score (nSPS) is 29.8. The monoisotopic (exact) mass is 508 g/mol. The van der Waals surface area contributed by atoms with Crippen LogP contribution in [0.25, 0.3) is 0 Å². The van der Waals surface area contributed by atoms with Crippen LogP contribution in [0, 0.1) is 0 Å². The van der Waals surface area contributed by atoms with Crippen LogP contribution in [-0.2, 0) is 0 Å². The molecule has 3 aromatic rings. The van der Waals surface area contributed by atoms with Crippen molar-refractivity contribution in [1.29, 1.82) is 0 Å². The summed E-state index contributed by atoms with van der Waals surface area (Å²) in [6, 6.07) is 14.0. The molecular formula is C29H29N6OP. The van der Waals surface area contributed by atoms with E-state index in [-0.39, 0.29) is 12.1 Å². The van der Waals surface area contributed by atoms with Gasteiger partial charge in [0.1, 0.15) is 23.6 Å². The van der Waals surface area contributed by atoms with E-state index in [0.717, 1.165) is 23.1 Å². The number of aromatic nitrogens is 2. The lowest BCUT2D eigenvalue weighted by Crippen LogP contribution is -2.59.